The summed E-state index contributed by atoms with van der Waals surface area (Å²) in [6.45, 7) is 7.41. The van der Waals surface area contributed by atoms with Crippen LogP contribution in [0.25, 0.3) is 0 Å². The van der Waals surface area contributed by atoms with Crippen molar-refractivity contribution in [1.29, 1.82) is 0 Å². The van der Waals surface area contributed by atoms with Gasteiger partial charge in [0.1, 0.15) is 0 Å². The number of anilines is 1. The molecule has 4 nitrogen and oxygen atoms in total. The predicted octanol–water partition coefficient (Wildman–Crippen LogP) is 2.99. The van der Waals surface area contributed by atoms with Crippen molar-refractivity contribution in [2.45, 2.75) is 40.2 Å². The Morgan fingerprint density at radius 1 is 1.21 bits per heavy atom. The Labute approximate surface area is 114 Å². The van der Waals surface area contributed by atoms with E-state index in [-0.39, 0.29) is 23.7 Å². The standard InChI is InChI=1S/C15H21NO3/c1-11(19-13(17)10-15(2,3)4)14(18)16-12-8-6-5-7-9-12/h5-9,11H,10H2,1-4H3,(H,16,18)/t11-/m1/s1. The van der Waals surface area contributed by atoms with Gasteiger partial charge in [0.2, 0.25) is 0 Å². The lowest BCUT2D eigenvalue weighted by molar-refractivity contribution is -0.154. The van der Waals surface area contributed by atoms with Crippen LogP contribution in [0.5, 0.6) is 0 Å². The lowest BCUT2D eigenvalue weighted by Gasteiger charge is -2.19. The van der Waals surface area contributed by atoms with E-state index in [0.29, 0.717) is 5.69 Å². The summed E-state index contributed by atoms with van der Waals surface area (Å²) < 4.78 is 5.11. The highest BCUT2D eigenvalue weighted by Gasteiger charge is 2.22. The van der Waals surface area contributed by atoms with Crippen molar-refractivity contribution in [3.8, 4) is 0 Å². The van der Waals surface area contributed by atoms with Crippen molar-refractivity contribution in [2.24, 2.45) is 5.41 Å². The number of nitrogens with one attached hydrogen (secondary N) is 1. The second-order valence-electron chi connectivity index (χ2n) is 5.72. The van der Waals surface area contributed by atoms with Gasteiger partial charge in [0.05, 0.1) is 6.42 Å². The molecule has 0 aliphatic heterocycles. The van der Waals surface area contributed by atoms with Gasteiger partial charge >= 0.3 is 5.97 Å². The number of rotatable bonds is 4. The molecule has 0 unspecified atom stereocenters. The van der Waals surface area contributed by atoms with E-state index < -0.39 is 6.10 Å². The molecule has 1 amide bonds. The van der Waals surface area contributed by atoms with Crippen molar-refractivity contribution in [2.75, 3.05) is 5.32 Å². The first-order valence-electron chi connectivity index (χ1n) is 6.33. The highest BCUT2D eigenvalue weighted by Crippen LogP contribution is 2.19. The normalized spacial score (nSPS) is 12.6. The molecule has 1 rings (SSSR count). The number of hydrogen-bond acceptors (Lipinski definition) is 3. The molecular formula is C15H21NO3. The van der Waals surface area contributed by atoms with Gasteiger partial charge in [-0.3, -0.25) is 9.59 Å². The smallest absolute Gasteiger partial charge is 0.307 e. The molecule has 0 aliphatic carbocycles. The largest absolute Gasteiger partial charge is 0.453 e. The fourth-order valence-corrected chi connectivity index (χ4v) is 1.49. The zero-order chi connectivity index (χ0) is 14.5. The van der Waals surface area contributed by atoms with Crippen LogP contribution >= 0.6 is 0 Å². The van der Waals surface area contributed by atoms with Gasteiger partial charge in [0.15, 0.2) is 6.10 Å². The molecular weight excluding hydrogens is 242 g/mol. The zero-order valence-electron chi connectivity index (χ0n) is 11.9. The van der Waals surface area contributed by atoms with Crippen molar-refractivity contribution < 1.29 is 14.3 Å². The number of para-hydroxylation sites is 1. The Kier molecular flexibility index (Phi) is 5.10. The molecule has 0 saturated heterocycles. The number of benzene rings is 1. The van der Waals surface area contributed by atoms with Crippen LogP contribution in [-0.2, 0) is 14.3 Å². The van der Waals surface area contributed by atoms with Crippen LogP contribution in [-0.4, -0.2) is 18.0 Å². The summed E-state index contributed by atoms with van der Waals surface area (Å²) >= 11 is 0. The number of amides is 1. The van der Waals surface area contributed by atoms with E-state index in [1.807, 2.05) is 39.0 Å². The Morgan fingerprint density at radius 3 is 2.32 bits per heavy atom. The third kappa shape index (κ3) is 6.04. The Balaban J connectivity index is 2.47. The molecule has 1 aromatic rings. The van der Waals surface area contributed by atoms with E-state index in [4.69, 9.17) is 4.74 Å². The maximum absolute atomic E-state index is 11.8. The van der Waals surface area contributed by atoms with E-state index in [1.165, 1.54) is 0 Å². The molecule has 104 valence electrons. The second kappa shape index (κ2) is 6.36. The summed E-state index contributed by atoms with van der Waals surface area (Å²) in [5, 5.41) is 2.69. The quantitative estimate of drug-likeness (QED) is 0.850. The molecule has 0 aliphatic rings. The van der Waals surface area contributed by atoms with Crippen molar-refractivity contribution in [1.82, 2.24) is 0 Å². The summed E-state index contributed by atoms with van der Waals surface area (Å²) in [6.07, 6.45) is -0.509. The van der Waals surface area contributed by atoms with Crippen LogP contribution in [0.3, 0.4) is 0 Å². The van der Waals surface area contributed by atoms with Crippen LogP contribution < -0.4 is 5.32 Å². The van der Waals surface area contributed by atoms with Crippen LogP contribution in [0.15, 0.2) is 30.3 Å². The van der Waals surface area contributed by atoms with Gasteiger partial charge in [-0.05, 0) is 24.5 Å². The minimum atomic E-state index is -0.796. The molecule has 4 heteroatoms. The Morgan fingerprint density at radius 2 is 1.79 bits per heavy atom. The Hall–Kier alpha value is -1.84. The first-order chi connectivity index (χ1) is 8.78. The van der Waals surface area contributed by atoms with E-state index >= 15 is 0 Å². The minimum Gasteiger partial charge on any atom is -0.453 e. The van der Waals surface area contributed by atoms with Gasteiger partial charge in [-0.1, -0.05) is 39.0 Å². The van der Waals surface area contributed by atoms with Crippen LogP contribution in [0, 0.1) is 5.41 Å². The van der Waals surface area contributed by atoms with Gasteiger partial charge in [-0.25, -0.2) is 0 Å². The average Bonchev–Trinajstić information content (AvgIpc) is 2.27. The highest BCUT2D eigenvalue weighted by molar-refractivity contribution is 5.95. The summed E-state index contributed by atoms with van der Waals surface area (Å²) in [4.78, 5) is 23.4. The van der Waals surface area contributed by atoms with Crippen LogP contribution in [0.1, 0.15) is 34.1 Å². The molecule has 0 fully saturated rings. The van der Waals surface area contributed by atoms with Crippen molar-refractivity contribution in [3.05, 3.63) is 30.3 Å². The van der Waals surface area contributed by atoms with Gasteiger partial charge in [-0.15, -0.1) is 0 Å². The molecule has 1 N–H and O–H groups in total. The third-order valence-corrected chi connectivity index (χ3v) is 2.39. The van der Waals surface area contributed by atoms with Gasteiger partial charge in [0.25, 0.3) is 5.91 Å². The number of ether oxygens (including phenoxy) is 1. The van der Waals surface area contributed by atoms with E-state index in [9.17, 15) is 9.59 Å². The van der Waals surface area contributed by atoms with Crippen LogP contribution in [0.2, 0.25) is 0 Å². The van der Waals surface area contributed by atoms with Gasteiger partial charge in [0, 0.05) is 5.69 Å². The van der Waals surface area contributed by atoms with E-state index in [1.54, 1.807) is 19.1 Å². The molecule has 19 heavy (non-hydrogen) atoms. The highest BCUT2D eigenvalue weighted by atomic mass is 16.5. The maximum Gasteiger partial charge on any atom is 0.307 e. The van der Waals surface area contributed by atoms with Crippen LogP contribution in [0.4, 0.5) is 5.69 Å². The number of esters is 1. The minimum absolute atomic E-state index is 0.146. The molecule has 0 bridgehead atoms. The number of hydrogen-bond donors (Lipinski definition) is 1. The molecule has 1 atom stereocenters. The molecule has 0 heterocycles. The summed E-state index contributed by atoms with van der Waals surface area (Å²) in [5.41, 5.74) is 0.540. The number of carbonyl (C=O) groups is 2. The van der Waals surface area contributed by atoms with E-state index in [0.717, 1.165) is 0 Å². The second-order valence-corrected chi connectivity index (χ2v) is 5.72. The summed E-state index contributed by atoms with van der Waals surface area (Å²) in [5.74, 6) is -0.684. The number of carbonyl (C=O) groups excluding carboxylic acids is 2. The SMILES string of the molecule is C[C@@H](OC(=O)CC(C)(C)C)C(=O)Nc1ccccc1. The maximum atomic E-state index is 11.8. The Bertz CT molecular complexity index is 434. The average molecular weight is 263 g/mol. The topological polar surface area (TPSA) is 55.4 Å². The third-order valence-electron chi connectivity index (χ3n) is 2.39. The fourth-order valence-electron chi connectivity index (χ4n) is 1.49. The molecule has 0 aromatic heterocycles. The molecule has 0 radical (unpaired) electrons. The molecule has 1 aromatic carbocycles. The van der Waals surface area contributed by atoms with Crippen molar-refractivity contribution in [3.63, 3.8) is 0 Å². The molecule has 0 saturated carbocycles. The lowest BCUT2D eigenvalue weighted by atomic mass is 9.92. The summed E-state index contributed by atoms with van der Waals surface area (Å²) in [7, 11) is 0. The lowest BCUT2D eigenvalue weighted by Crippen LogP contribution is -2.31. The fraction of sp³-hybridized carbons (Fsp3) is 0.467. The van der Waals surface area contributed by atoms with E-state index in [2.05, 4.69) is 5.32 Å². The summed E-state index contributed by atoms with van der Waals surface area (Å²) in [6, 6.07) is 9.07. The predicted molar refractivity (Wildman–Crippen MR) is 74.7 cm³/mol. The zero-order valence-corrected chi connectivity index (χ0v) is 11.9. The first-order valence-corrected chi connectivity index (χ1v) is 6.33. The van der Waals surface area contributed by atoms with Gasteiger partial charge in [-0.2, -0.15) is 0 Å². The van der Waals surface area contributed by atoms with Gasteiger partial charge < -0.3 is 10.1 Å². The van der Waals surface area contributed by atoms with Crippen molar-refractivity contribution >= 4 is 17.6 Å². The monoisotopic (exact) mass is 263 g/mol. The molecule has 0 spiro atoms. The first kappa shape index (κ1) is 15.2.